The minimum Gasteiger partial charge on any atom is -0.494 e. The topological polar surface area (TPSA) is 116 Å². The van der Waals surface area contributed by atoms with Crippen LogP contribution in [-0.4, -0.2) is 41.8 Å². The van der Waals surface area contributed by atoms with Gasteiger partial charge in [0.1, 0.15) is 35.4 Å². The molecular formula is C21H23N9O. The third-order valence-electron chi connectivity index (χ3n) is 4.59. The van der Waals surface area contributed by atoms with Crippen molar-refractivity contribution in [1.82, 2.24) is 34.7 Å². The van der Waals surface area contributed by atoms with Gasteiger partial charge in [0.15, 0.2) is 11.6 Å². The fourth-order valence-electron chi connectivity index (χ4n) is 3.15. The van der Waals surface area contributed by atoms with E-state index >= 15 is 0 Å². The molecule has 0 aliphatic heterocycles. The third kappa shape index (κ3) is 4.42. The molecule has 3 aromatic heterocycles. The van der Waals surface area contributed by atoms with Crippen LogP contribution in [0.2, 0.25) is 0 Å². The van der Waals surface area contributed by atoms with E-state index in [-0.39, 0.29) is 0 Å². The Morgan fingerprint density at radius 1 is 0.903 bits per heavy atom. The Kier molecular flexibility index (Phi) is 5.44. The maximum Gasteiger partial charge on any atom is 0.185 e. The molecule has 158 valence electrons. The molecule has 10 heteroatoms. The van der Waals surface area contributed by atoms with Crippen LogP contribution in [0.5, 0.6) is 5.75 Å². The lowest BCUT2D eigenvalue weighted by Crippen LogP contribution is -2.03. The number of hydrogen-bond donors (Lipinski definition) is 2. The number of hydrogen-bond acceptors (Lipinski definition) is 9. The summed E-state index contributed by atoms with van der Waals surface area (Å²) in [7, 11) is 3.48. The molecule has 0 saturated heterocycles. The van der Waals surface area contributed by atoms with Crippen LogP contribution in [0.15, 0.2) is 36.7 Å². The Morgan fingerprint density at radius 2 is 1.68 bits per heavy atom. The molecule has 0 atom stereocenters. The lowest BCUT2D eigenvalue weighted by atomic mass is 10.1. The van der Waals surface area contributed by atoms with Gasteiger partial charge >= 0.3 is 0 Å². The molecule has 3 heterocycles. The highest BCUT2D eigenvalue weighted by atomic mass is 16.5. The third-order valence-corrected chi connectivity index (χ3v) is 4.59. The van der Waals surface area contributed by atoms with E-state index in [4.69, 9.17) is 4.74 Å². The highest BCUT2D eigenvalue weighted by molar-refractivity contribution is 5.77. The molecule has 0 spiro atoms. The second-order valence-corrected chi connectivity index (χ2v) is 6.97. The number of aromatic nitrogens is 7. The average Bonchev–Trinajstić information content (AvgIpc) is 3.05. The Morgan fingerprint density at radius 3 is 2.35 bits per heavy atom. The number of ether oxygens (including phenoxy) is 1. The molecule has 2 N–H and O–H groups in total. The van der Waals surface area contributed by atoms with Crippen molar-refractivity contribution in [3.8, 4) is 17.1 Å². The van der Waals surface area contributed by atoms with Gasteiger partial charge in [0.25, 0.3) is 0 Å². The summed E-state index contributed by atoms with van der Waals surface area (Å²) in [6.45, 7) is 5.67. The first kappa shape index (κ1) is 20.2. The van der Waals surface area contributed by atoms with Crippen molar-refractivity contribution in [3.05, 3.63) is 54.0 Å². The second kappa shape index (κ2) is 8.34. The van der Waals surface area contributed by atoms with Crippen molar-refractivity contribution in [2.24, 2.45) is 7.05 Å². The maximum absolute atomic E-state index is 5.68. The number of nitrogens with zero attached hydrogens (tertiary/aromatic N) is 7. The maximum atomic E-state index is 5.68. The van der Waals surface area contributed by atoms with Crippen molar-refractivity contribution in [2.75, 3.05) is 17.7 Å². The minimum absolute atomic E-state index is 0.597. The van der Waals surface area contributed by atoms with Crippen molar-refractivity contribution >= 4 is 23.1 Å². The predicted octanol–water partition coefficient (Wildman–Crippen LogP) is 3.48. The summed E-state index contributed by atoms with van der Waals surface area (Å²) < 4.78 is 7.41. The van der Waals surface area contributed by atoms with Gasteiger partial charge in [0, 0.05) is 24.9 Å². The lowest BCUT2D eigenvalue weighted by Gasteiger charge is -2.14. The normalized spacial score (nSPS) is 10.7. The van der Waals surface area contributed by atoms with E-state index < -0.39 is 0 Å². The Hall–Kier alpha value is -4.08. The molecule has 0 amide bonds. The summed E-state index contributed by atoms with van der Waals surface area (Å²) in [5, 5.41) is 10.9. The quantitative estimate of drug-likeness (QED) is 0.486. The van der Waals surface area contributed by atoms with E-state index in [2.05, 4.69) is 40.7 Å². The first-order valence-corrected chi connectivity index (χ1v) is 9.66. The van der Waals surface area contributed by atoms with Crippen molar-refractivity contribution in [1.29, 1.82) is 0 Å². The van der Waals surface area contributed by atoms with Crippen LogP contribution in [0.1, 0.15) is 17.3 Å². The van der Waals surface area contributed by atoms with Gasteiger partial charge in [-0.25, -0.2) is 24.9 Å². The van der Waals surface area contributed by atoms with Crippen LogP contribution in [0, 0.1) is 20.8 Å². The molecule has 31 heavy (non-hydrogen) atoms. The summed E-state index contributed by atoms with van der Waals surface area (Å²) >= 11 is 0. The number of methoxy groups -OCH3 is 1. The molecule has 10 nitrogen and oxygen atoms in total. The highest BCUT2D eigenvalue weighted by Gasteiger charge is 2.16. The van der Waals surface area contributed by atoms with Gasteiger partial charge in [-0.3, -0.25) is 4.68 Å². The fourth-order valence-corrected chi connectivity index (χ4v) is 3.15. The van der Waals surface area contributed by atoms with Gasteiger partial charge in [-0.1, -0.05) is 6.07 Å². The molecule has 0 aliphatic rings. The van der Waals surface area contributed by atoms with Gasteiger partial charge in [0.05, 0.1) is 18.4 Å². The predicted molar refractivity (Wildman–Crippen MR) is 118 cm³/mol. The first-order chi connectivity index (χ1) is 14.9. The molecule has 0 aliphatic carbocycles. The number of rotatable bonds is 6. The zero-order valence-electron chi connectivity index (χ0n) is 18.0. The number of nitrogens with one attached hydrogen (secondary N) is 2. The van der Waals surface area contributed by atoms with E-state index in [9.17, 15) is 0 Å². The first-order valence-electron chi connectivity index (χ1n) is 9.66. The van der Waals surface area contributed by atoms with Crippen LogP contribution in [0.3, 0.4) is 0 Å². The van der Waals surface area contributed by atoms with Gasteiger partial charge in [-0.05, 0) is 32.9 Å². The van der Waals surface area contributed by atoms with Crippen molar-refractivity contribution in [2.45, 2.75) is 20.8 Å². The number of benzene rings is 1. The van der Waals surface area contributed by atoms with Crippen molar-refractivity contribution in [3.63, 3.8) is 0 Å². The Balaban J connectivity index is 1.62. The lowest BCUT2D eigenvalue weighted by molar-refractivity contribution is 0.418. The van der Waals surface area contributed by atoms with Gasteiger partial charge < -0.3 is 15.4 Å². The molecule has 4 aromatic rings. The van der Waals surface area contributed by atoms with E-state index in [0.29, 0.717) is 34.9 Å². The molecule has 0 saturated carbocycles. The van der Waals surface area contributed by atoms with Gasteiger partial charge in [-0.15, -0.1) is 0 Å². The molecule has 0 radical (unpaired) electrons. The SMILES string of the molecule is COc1c(Nc2cc(Nc3cc(C)nc(C)n3)ncn2)cccc1-c1nc(C)n(C)n1. The number of anilines is 4. The van der Waals surface area contributed by atoms with E-state index in [1.54, 1.807) is 17.9 Å². The molecule has 0 unspecified atom stereocenters. The molecule has 0 fully saturated rings. The van der Waals surface area contributed by atoms with Crippen LogP contribution in [0.25, 0.3) is 11.4 Å². The Labute approximate surface area is 179 Å². The van der Waals surface area contributed by atoms with Crippen LogP contribution >= 0.6 is 0 Å². The van der Waals surface area contributed by atoms with Crippen molar-refractivity contribution < 1.29 is 4.74 Å². The minimum atomic E-state index is 0.597. The Bertz CT molecular complexity index is 1200. The van der Waals surface area contributed by atoms with E-state index in [1.807, 2.05) is 52.1 Å². The summed E-state index contributed by atoms with van der Waals surface area (Å²) in [6, 6.07) is 9.40. The molecule has 0 bridgehead atoms. The van der Waals surface area contributed by atoms with Crippen LogP contribution < -0.4 is 15.4 Å². The monoisotopic (exact) mass is 417 g/mol. The standard InChI is InChI=1S/C21H23N9O/c1-12-9-19(25-13(2)24-12)28-18-10-17(22-11-23-18)27-16-8-6-7-15(20(16)31-5)21-26-14(3)30(4)29-21/h6-11H,1-5H3,(H2,22,23,24,25,27,28). The van der Waals surface area contributed by atoms with Gasteiger partial charge in [-0.2, -0.15) is 5.10 Å². The number of aryl methyl sites for hydroxylation is 4. The van der Waals surface area contributed by atoms with E-state index in [1.165, 1.54) is 6.33 Å². The average molecular weight is 417 g/mol. The smallest absolute Gasteiger partial charge is 0.185 e. The number of para-hydroxylation sites is 1. The fraction of sp³-hybridized carbons (Fsp3) is 0.238. The molecule has 1 aromatic carbocycles. The summed E-state index contributed by atoms with van der Waals surface area (Å²) in [4.78, 5) is 21.8. The summed E-state index contributed by atoms with van der Waals surface area (Å²) in [5.41, 5.74) is 2.40. The molecular weight excluding hydrogens is 394 g/mol. The van der Waals surface area contributed by atoms with Crippen LogP contribution in [-0.2, 0) is 7.05 Å². The van der Waals surface area contributed by atoms with E-state index in [0.717, 1.165) is 22.8 Å². The zero-order valence-corrected chi connectivity index (χ0v) is 18.0. The second-order valence-electron chi connectivity index (χ2n) is 6.97. The largest absolute Gasteiger partial charge is 0.494 e. The zero-order chi connectivity index (χ0) is 22.0. The molecule has 4 rings (SSSR count). The highest BCUT2D eigenvalue weighted by Crippen LogP contribution is 2.36. The summed E-state index contributed by atoms with van der Waals surface area (Å²) in [6.07, 6.45) is 1.48. The summed E-state index contributed by atoms with van der Waals surface area (Å²) in [5.74, 6) is 4.61. The van der Waals surface area contributed by atoms with Crippen LogP contribution in [0.4, 0.5) is 23.1 Å². The van der Waals surface area contributed by atoms with Gasteiger partial charge in [0.2, 0.25) is 0 Å².